The van der Waals surface area contributed by atoms with Gasteiger partial charge in [0.05, 0.1) is 0 Å². The van der Waals surface area contributed by atoms with Crippen LogP contribution in [0.25, 0.3) is 9.40 Å². The van der Waals surface area contributed by atoms with Gasteiger partial charge in [-0.25, -0.2) is 0 Å². The molecule has 2 aromatic heterocycles. The Labute approximate surface area is 119 Å². The van der Waals surface area contributed by atoms with Crippen molar-refractivity contribution in [2.75, 3.05) is 0 Å². The average molecular weight is 294 g/mol. The first-order chi connectivity index (χ1) is 8.74. The molecule has 4 heteroatoms. The summed E-state index contributed by atoms with van der Waals surface area (Å²) in [4.78, 5) is 1.23. The van der Waals surface area contributed by atoms with Crippen LogP contribution in [-0.2, 0) is 6.42 Å². The molecule has 0 saturated carbocycles. The van der Waals surface area contributed by atoms with Crippen LogP contribution in [0.1, 0.15) is 16.5 Å². The number of benzene rings is 1. The van der Waals surface area contributed by atoms with E-state index in [2.05, 4.69) is 17.5 Å². The second kappa shape index (κ2) is 5.02. The average Bonchev–Trinajstić information content (AvgIpc) is 2.92. The van der Waals surface area contributed by atoms with Crippen LogP contribution in [0.3, 0.4) is 0 Å². The van der Waals surface area contributed by atoms with Crippen LogP contribution in [0.5, 0.6) is 0 Å². The molecule has 3 rings (SSSR count). The van der Waals surface area contributed by atoms with E-state index in [1.165, 1.54) is 14.3 Å². The van der Waals surface area contributed by atoms with Gasteiger partial charge in [0.15, 0.2) is 0 Å². The van der Waals surface area contributed by atoms with Gasteiger partial charge in [0, 0.05) is 25.3 Å². The number of rotatable bonds is 3. The first-order valence-corrected chi connectivity index (χ1v) is 7.77. The van der Waals surface area contributed by atoms with E-state index in [9.17, 15) is 0 Å². The molecule has 1 aromatic carbocycles. The molecule has 2 heterocycles. The minimum Gasteiger partial charge on any atom is -0.323 e. The summed E-state index contributed by atoms with van der Waals surface area (Å²) in [6.45, 7) is 0. The zero-order chi connectivity index (χ0) is 12.5. The zero-order valence-corrected chi connectivity index (χ0v) is 12.0. The fourth-order valence-electron chi connectivity index (χ4n) is 1.97. The summed E-state index contributed by atoms with van der Waals surface area (Å²) in [5.41, 5.74) is 7.39. The van der Waals surface area contributed by atoms with E-state index in [1.54, 1.807) is 22.7 Å². The lowest BCUT2D eigenvalue weighted by Gasteiger charge is -2.10. The predicted molar refractivity (Wildman–Crippen MR) is 81.8 cm³/mol. The molecular formula is C14H12ClNS2. The quantitative estimate of drug-likeness (QED) is 0.733. The number of hydrogen-bond donors (Lipinski definition) is 1. The highest BCUT2D eigenvalue weighted by Gasteiger charge is 2.12. The van der Waals surface area contributed by atoms with Crippen LogP contribution < -0.4 is 5.73 Å². The maximum absolute atomic E-state index is 6.28. The van der Waals surface area contributed by atoms with Crippen LogP contribution in [0, 0.1) is 0 Å². The maximum Gasteiger partial charge on any atom is 0.0454 e. The van der Waals surface area contributed by atoms with Crippen molar-refractivity contribution < 1.29 is 0 Å². The summed E-state index contributed by atoms with van der Waals surface area (Å²) in [5, 5.41) is 2.91. The third-order valence-electron chi connectivity index (χ3n) is 2.92. The molecule has 1 atom stereocenters. The number of halogens is 1. The topological polar surface area (TPSA) is 26.0 Å². The normalized spacial score (nSPS) is 13.0. The van der Waals surface area contributed by atoms with Gasteiger partial charge in [0.1, 0.15) is 0 Å². The van der Waals surface area contributed by atoms with Crippen LogP contribution in [-0.4, -0.2) is 0 Å². The molecule has 18 heavy (non-hydrogen) atoms. The molecule has 0 bridgehead atoms. The van der Waals surface area contributed by atoms with Crippen LogP contribution in [0.15, 0.2) is 41.8 Å². The van der Waals surface area contributed by atoms with Crippen molar-refractivity contribution in [3.8, 4) is 0 Å². The Hall–Kier alpha value is -0.870. The van der Waals surface area contributed by atoms with Crippen molar-refractivity contribution in [3.05, 3.63) is 57.2 Å². The van der Waals surface area contributed by atoms with Gasteiger partial charge in [-0.1, -0.05) is 29.8 Å². The summed E-state index contributed by atoms with van der Waals surface area (Å²) in [6.07, 6.45) is 0.785. The minimum absolute atomic E-state index is 0.0227. The highest BCUT2D eigenvalue weighted by Crippen LogP contribution is 2.34. The van der Waals surface area contributed by atoms with Crippen molar-refractivity contribution in [1.82, 2.24) is 0 Å². The summed E-state index contributed by atoms with van der Waals surface area (Å²) in [5.74, 6) is 0. The lowest BCUT2D eigenvalue weighted by molar-refractivity contribution is 0.737. The first-order valence-electron chi connectivity index (χ1n) is 5.70. The Morgan fingerprint density at radius 2 is 2.00 bits per heavy atom. The zero-order valence-electron chi connectivity index (χ0n) is 9.60. The van der Waals surface area contributed by atoms with Crippen molar-refractivity contribution in [2.24, 2.45) is 5.73 Å². The van der Waals surface area contributed by atoms with Gasteiger partial charge >= 0.3 is 0 Å². The molecule has 0 aliphatic rings. The smallest absolute Gasteiger partial charge is 0.0454 e. The van der Waals surface area contributed by atoms with Crippen molar-refractivity contribution >= 4 is 43.7 Å². The number of hydrogen-bond acceptors (Lipinski definition) is 3. The fraction of sp³-hybridized carbons (Fsp3) is 0.143. The van der Waals surface area contributed by atoms with E-state index >= 15 is 0 Å². The van der Waals surface area contributed by atoms with Gasteiger partial charge in [-0.05, 0) is 35.6 Å². The molecule has 1 unspecified atom stereocenters. The van der Waals surface area contributed by atoms with Crippen molar-refractivity contribution in [1.29, 1.82) is 0 Å². The van der Waals surface area contributed by atoms with Crippen molar-refractivity contribution in [2.45, 2.75) is 12.5 Å². The Bertz CT molecular complexity index is 643. The fourth-order valence-corrected chi connectivity index (χ4v) is 4.30. The molecule has 0 aliphatic heterocycles. The molecule has 0 aliphatic carbocycles. The monoisotopic (exact) mass is 293 g/mol. The number of nitrogens with two attached hydrogens (primary N) is 1. The van der Waals surface area contributed by atoms with Crippen LogP contribution in [0.4, 0.5) is 0 Å². The van der Waals surface area contributed by atoms with E-state index in [0.717, 1.165) is 17.0 Å². The van der Waals surface area contributed by atoms with Gasteiger partial charge in [-0.2, -0.15) is 0 Å². The second-order valence-corrected chi connectivity index (χ2v) is 6.67. The third kappa shape index (κ3) is 2.31. The highest BCUT2D eigenvalue weighted by atomic mass is 35.5. The second-order valence-electron chi connectivity index (χ2n) is 4.20. The molecule has 0 amide bonds. The lowest BCUT2D eigenvalue weighted by atomic mass is 10.1. The van der Waals surface area contributed by atoms with Crippen LogP contribution >= 0.6 is 34.3 Å². The number of thiophene rings is 2. The van der Waals surface area contributed by atoms with Crippen LogP contribution in [0.2, 0.25) is 5.02 Å². The first kappa shape index (κ1) is 12.2. The Morgan fingerprint density at radius 3 is 2.78 bits per heavy atom. The summed E-state index contributed by atoms with van der Waals surface area (Å²) < 4.78 is 2.65. The van der Waals surface area contributed by atoms with Gasteiger partial charge in [-0.15, -0.1) is 22.7 Å². The van der Waals surface area contributed by atoms with Gasteiger partial charge in [-0.3, -0.25) is 0 Å². The molecule has 3 aromatic rings. The molecule has 2 N–H and O–H groups in total. The molecule has 1 nitrogen and oxygen atoms in total. The maximum atomic E-state index is 6.28. The van der Waals surface area contributed by atoms with E-state index in [0.29, 0.717) is 0 Å². The standard InChI is InChI=1S/C14H12ClNS2/c15-10-4-2-1-3-9(10)7-11(16)13-8-14-12(18-13)5-6-17-14/h1-6,8,11H,7,16H2. The summed E-state index contributed by atoms with van der Waals surface area (Å²) in [7, 11) is 0. The minimum atomic E-state index is 0.0227. The summed E-state index contributed by atoms with van der Waals surface area (Å²) in [6, 6.07) is 12.3. The Kier molecular flexibility index (Phi) is 3.39. The molecule has 0 radical (unpaired) electrons. The SMILES string of the molecule is NC(Cc1ccccc1Cl)c1cc2sccc2s1. The number of fused-ring (bicyclic) bond motifs is 1. The Morgan fingerprint density at radius 1 is 1.17 bits per heavy atom. The van der Waals surface area contributed by atoms with E-state index < -0.39 is 0 Å². The Balaban J connectivity index is 1.85. The van der Waals surface area contributed by atoms with E-state index in [-0.39, 0.29) is 6.04 Å². The summed E-state index contributed by atoms with van der Waals surface area (Å²) >= 11 is 9.71. The van der Waals surface area contributed by atoms with E-state index in [1.807, 2.05) is 24.3 Å². The molecular weight excluding hydrogens is 282 g/mol. The molecule has 0 saturated heterocycles. The van der Waals surface area contributed by atoms with Crippen molar-refractivity contribution in [3.63, 3.8) is 0 Å². The highest BCUT2D eigenvalue weighted by molar-refractivity contribution is 7.26. The molecule has 0 spiro atoms. The van der Waals surface area contributed by atoms with Gasteiger partial charge in [0.25, 0.3) is 0 Å². The van der Waals surface area contributed by atoms with Gasteiger partial charge in [0.2, 0.25) is 0 Å². The largest absolute Gasteiger partial charge is 0.323 e. The lowest BCUT2D eigenvalue weighted by Crippen LogP contribution is -2.11. The molecule has 0 fully saturated rings. The van der Waals surface area contributed by atoms with E-state index in [4.69, 9.17) is 17.3 Å². The molecule has 92 valence electrons. The predicted octanol–water partition coefficient (Wildman–Crippen LogP) is 4.86. The third-order valence-corrected chi connectivity index (χ3v) is 5.52. The van der Waals surface area contributed by atoms with Gasteiger partial charge < -0.3 is 5.73 Å².